The van der Waals surface area contributed by atoms with Crippen molar-refractivity contribution in [2.75, 3.05) is 6.54 Å². The van der Waals surface area contributed by atoms with Gasteiger partial charge in [0.15, 0.2) is 11.6 Å². The van der Waals surface area contributed by atoms with Crippen molar-refractivity contribution in [3.63, 3.8) is 0 Å². The maximum Gasteiger partial charge on any atom is 0.207 e. The van der Waals surface area contributed by atoms with Crippen LogP contribution in [0.25, 0.3) is 10.9 Å². The number of hydrogen-bond donors (Lipinski definition) is 1. The molecule has 2 aromatic carbocycles. The lowest BCUT2D eigenvalue weighted by atomic mass is 10.0. The summed E-state index contributed by atoms with van der Waals surface area (Å²) >= 11 is 0. The van der Waals surface area contributed by atoms with Gasteiger partial charge < -0.3 is 9.72 Å². The summed E-state index contributed by atoms with van der Waals surface area (Å²) in [6, 6.07) is 10.1. The molecule has 27 heavy (non-hydrogen) atoms. The van der Waals surface area contributed by atoms with Crippen LogP contribution in [0.5, 0.6) is 11.5 Å². The number of nitro groups is 1. The van der Waals surface area contributed by atoms with Gasteiger partial charge >= 0.3 is 0 Å². The molecule has 3 aromatic rings. The van der Waals surface area contributed by atoms with Crippen LogP contribution in [0.3, 0.4) is 0 Å². The summed E-state index contributed by atoms with van der Waals surface area (Å²) in [6.07, 6.45) is 1.89. The second-order valence-corrected chi connectivity index (χ2v) is 6.22. The predicted molar refractivity (Wildman–Crippen MR) is 100 cm³/mol. The van der Waals surface area contributed by atoms with Crippen molar-refractivity contribution in [2.24, 2.45) is 0 Å². The summed E-state index contributed by atoms with van der Waals surface area (Å²) in [5.74, 6) is 0.486. The zero-order valence-corrected chi connectivity index (χ0v) is 14.9. The first kappa shape index (κ1) is 18.3. The number of benzene rings is 2. The van der Waals surface area contributed by atoms with E-state index in [9.17, 15) is 19.7 Å². The number of ketones is 2. The molecular weight excluding hydrogens is 348 g/mol. The molecule has 7 nitrogen and oxygen atoms in total. The van der Waals surface area contributed by atoms with Gasteiger partial charge in [-0.1, -0.05) is 12.1 Å². The third kappa shape index (κ3) is 3.87. The summed E-state index contributed by atoms with van der Waals surface area (Å²) < 4.78 is 5.90. The molecule has 0 aliphatic rings. The summed E-state index contributed by atoms with van der Waals surface area (Å²) in [5, 5.41) is 11.3. The first-order chi connectivity index (χ1) is 12.9. The van der Waals surface area contributed by atoms with Crippen molar-refractivity contribution in [1.82, 2.24) is 4.98 Å². The van der Waals surface area contributed by atoms with Gasteiger partial charge in [0.25, 0.3) is 0 Å². The highest BCUT2D eigenvalue weighted by Crippen LogP contribution is 2.34. The average Bonchev–Trinajstić information content (AvgIpc) is 3.02. The minimum Gasteiger partial charge on any atom is -0.457 e. The number of aromatic amines is 1. The molecule has 1 N–H and O–H groups in total. The molecule has 0 unspecified atom stereocenters. The molecule has 1 aromatic heterocycles. The molecule has 0 aliphatic carbocycles. The normalized spacial score (nSPS) is 10.7. The first-order valence-electron chi connectivity index (χ1n) is 8.41. The van der Waals surface area contributed by atoms with Gasteiger partial charge in [-0.2, -0.15) is 0 Å². The number of Topliss-reactive ketones (excluding diaryl/α,β-unsaturated/α-hetero) is 2. The second kappa shape index (κ2) is 7.41. The van der Waals surface area contributed by atoms with Gasteiger partial charge in [0.2, 0.25) is 6.54 Å². The van der Waals surface area contributed by atoms with Crippen molar-refractivity contribution in [2.45, 2.75) is 20.3 Å². The van der Waals surface area contributed by atoms with Crippen molar-refractivity contribution in [3.8, 4) is 11.5 Å². The van der Waals surface area contributed by atoms with Gasteiger partial charge in [0.1, 0.15) is 11.5 Å². The minimum atomic E-state index is -0.389. The predicted octanol–water partition coefficient (Wildman–Crippen LogP) is 4.18. The van der Waals surface area contributed by atoms with Crippen LogP contribution in [0, 0.1) is 10.1 Å². The van der Waals surface area contributed by atoms with Crippen LogP contribution in [0.4, 0.5) is 0 Å². The average molecular weight is 366 g/mol. The van der Waals surface area contributed by atoms with Crippen LogP contribution >= 0.6 is 0 Å². The van der Waals surface area contributed by atoms with Crippen LogP contribution in [0.2, 0.25) is 0 Å². The molecule has 0 saturated heterocycles. The van der Waals surface area contributed by atoms with Gasteiger partial charge in [-0.05, 0) is 43.7 Å². The lowest BCUT2D eigenvalue weighted by molar-refractivity contribution is -0.479. The van der Waals surface area contributed by atoms with Crippen molar-refractivity contribution >= 4 is 22.5 Å². The molecule has 3 rings (SSSR count). The highest BCUT2D eigenvalue weighted by Gasteiger charge is 2.19. The number of H-pyrrole nitrogens is 1. The molecule has 0 bridgehead atoms. The van der Waals surface area contributed by atoms with Gasteiger partial charge in [0.05, 0.1) is 5.56 Å². The zero-order chi connectivity index (χ0) is 19.6. The smallest absolute Gasteiger partial charge is 0.207 e. The Hall–Kier alpha value is -3.48. The molecule has 0 fully saturated rings. The van der Waals surface area contributed by atoms with E-state index >= 15 is 0 Å². The Morgan fingerprint density at radius 3 is 2.59 bits per heavy atom. The zero-order valence-electron chi connectivity index (χ0n) is 14.9. The van der Waals surface area contributed by atoms with E-state index in [1.165, 1.54) is 13.8 Å². The maximum atomic E-state index is 12.4. The highest BCUT2D eigenvalue weighted by atomic mass is 16.6. The van der Waals surface area contributed by atoms with Crippen LogP contribution in [-0.4, -0.2) is 28.0 Å². The Morgan fingerprint density at radius 1 is 1.15 bits per heavy atom. The summed E-state index contributed by atoms with van der Waals surface area (Å²) in [5.41, 5.74) is 2.27. The van der Waals surface area contributed by atoms with Gasteiger partial charge in [-0.3, -0.25) is 19.7 Å². The molecule has 0 atom stereocenters. The third-order valence-electron chi connectivity index (χ3n) is 4.27. The fraction of sp³-hybridized carbons (Fsp3) is 0.200. The van der Waals surface area contributed by atoms with E-state index in [0.29, 0.717) is 39.1 Å². The molecule has 1 heterocycles. The number of fused-ring (bicyclic) bond motifs is 1. The van der Waals surface area contributed by atoms with Crippen LogP contribution in [-0.2, 0) is 6.42 Å². The van der Waals surface area contributed by atoms with E-state index in [4.69, 9.17) is 4.74 Å². The first-order valence-corrected chi connectivity index (χ1v) is 8.41. The minimum absolute atomic E-state index is 0.0876. The van der Waals surface area contributed by atoms with E-state index in [-0.39, 0.29) is 29.5 Å². The van der Waals surface area contributed by atoms with E-state index in [1.807, 2.05) is 0 Å². The molecular formula is C20H18N2O5. The summed E-state index contributed by atoms with van der Waals surface area (Å²) in [4.78, 5) is 37.3. The number of nitrogens with zero attached hydrogens (tertiary/aromatic N) is 1. The molecule has 0 saturated carbocycles. The van der Waals surface area contributed by atoms with Crippen LogP contribution in [0.15, 0.2) is 42.6 Å². The van der Waals surface area contributed by atoms with Crippen molar-refractivity contribution in [1.29, 1.82) is 0 Å². The lowest BCUT2D eigenvalue weighted by Gasteiger charge is -2.12. The summed E-state index contributed by atoms with van der Waals surface area (Å²) in [7, 11) is 0. The Balaban J connectivity index is 2.07. The fourth-order valence-corrected chi connectivity index (χ4v) is 3.02. The maximum absolute atomic E-state index is 12.4. The van der Waals surface area contributed by atoms with Crippen molar-refractivity contribution < 1.29 is 19.2 Å². The van der Waals surface area contributed by atoms with Crippen molar-refractivity contribution in [3.05, 3.63) is 69.4 Å². The number of carbonyl (C=O) groups excluding carboxylic acids is 2. The second-order valence-electron chi connectivity index (χ2n) is 6.22. The Labute approximate surface area is 155 Å². The number of aromatic nitrogens is 1. The van der Waals surface area contributed by atoms with Gasteiger partial charge in [0, 0.05) is 34.0 Å². The molecule has 0 aliphatic heterocycles. The number of nitrogens with one attached hydrogen (secondary N) is 1. The van der Waals surface area contributed by atoms with E-state index < -0.39 is 0 Å². The number of hydrogen-bond acceptors (Lipinski definition) is 5. The molecule has 0 spiro atoms. The highest BCUT2D eigenvalue weighted by molar-refractivity contribution is 6.10. The molecule has 7 heteroatoms. The Bertz CT molecular complexity index is 1050. The largest absolute Gasteiger partial charge is 0.457 e. The number of ether oxygens (including phenoxy) is 1. The molecule has 0 amide bonds. The Kier molecular flexibility index (Phi) is 5.03. The monoisotopic (exact) mass is 366 g/mol. The van der Waals surface area contributed by atoms with Gasteiger partial charge in [-0.25, -0.2) is 0 Å². The lowest BCUT2D eigenvalue weighted by Crippen LogP contribution is -2.05. The van der Waals surface area contributed by atoms with Crippen LogP contribution < -0.4 is 4.74 Å². The van der Waals surface area contributed by atoms with Gasteiger partial charge in [-0.15, -0.1) is 0 Å². The number of carbonyl (C=O) groups is 2. The van der Waals surface area contributed by atoms with E-state index in [0.717, 1.165) is 0 Å². The Morgan fingerprint density at radius 2 is 1.93 bits per heavy atom. The molecule has 138 valence electrons. The fourth-order valence-electron chi connectivity index (χ4n) is 3.02. The topological polar surface area (TPSA) is 102 Å². The number of rotatable bonds is 7. The van der Waals surface area contributed by atoms with E-state index in [2.05, 4.69) is 4.98 Å². The van der Waals surface area contributed by atoms with Crippen LogP contribution in [0.1, 0.15) is 40.1 Å². The molecule has 0 radical (unpaired) electrons. The SMILES string of the molecule is CC(=O)c1cccc(Oc2ccc3[nH]cc(CC[N+](=O)[O-])c3c2C(C)=O)c1. The summed E-state index contributed by atoms with van der Waals surface area (Å²) in [6.45, 7) is 2.67. The third-order valence-corrected chi connectivity index (χ3v) is 4.27. The quantitative estimate of drug-likeness (QED) is 0.384. The van der Waals surface area contributed by atoms with E-state index in [1.54, 1.807) is 42.6 Å². The standard InChI is InChI=1S/C20H18N2O5/c1-12(23)14-4-3-5-16(10-14)27-18-7-6-17-20(19(18)13(2)24)15(11-21-17)8-9-22(25)26/h3-7,10-11,21H,8-9H2,1-2H3.